The number of anilines is 1. The summed E-state index contributed by atoms with van der Waals surface area (Å²) >= 11 is 5.96. The topological polar surface area (TPSA) is 77.8 Å². The summed E-state index contributed by atoms with van der Waals surface area (Å²) < 4.78 is 0. The number of hydrogen-bond donors (Lipinski definition) is 2. The molecule has 0 fully saturated rings. The van der Waals surface area contributed by atoms with Crippen LogP contribution in [0.5, 0.6) is 0 Å². The summed E-state index contributed by atoms with van der Waals surface area (Å²) in [5.41, 5.74) is 0.808. The molecule has 120 valence electrons. The number of carbonyl (C=O) groups is 1. The fourth-order valence-corrected chi connectivity index (χ4v) is 2.18. The number of halogens is 1. The van der Waals surface area contributed by atoms with Crippen molar-refractivity contribution in [2.45, 2.75) is 20.8 Å². The van der Waals surface area contributed by atoms with Gasteiger partial charge in [0.2, 0.25) is 5.91 Å². The molecule has 0 atom stereocenters. The first kappa shape index (κ1) is 17.0. The number of nitrogens with one attached hydrogen (secondary N) is 2. The van der Waals surface area contributed by atoms with Gasteiger partial charge in [-0.15, -0.1) is 0 Å². The number of pyridine rings is 1. The predicted molar refractivity (Wildman–Crippen MR) is 92.4 cm³/mol. The Hall–Kier alpha value is -2.32. The molecule has 0 aliphatic rings. The molecule has 0 saturated heterocycles. The number of fused-ring (bicyclic) bond motifs is 1. The second kappa shape index (κ2) is 6.84. The Morgan fingerprint density at radius 1 is 1.30 bits per heavy atom. The quantitative estimate of drug-likeness (QED) is 0.843. The summed E-state index contributed by atoms with van der Waals surface area (Å²) in [7, 11) is 0. The monoisotopic (exact) mass is 330 g/mol. The zero-order chi connectivity index (χ0) is 17.0. The van der Waals surface area contributed by atoms with Gasteiger partial charge in [-0.1, -0.05) is 32.4 Å². The van der Waals surface area contributed by atoms with Crippen LogP contribution < -0.4 is 10.6 Å². The van der Waals surface area contributed by atoms with E-state index in [4.69, 9.17) is 11.6 Å². The second-order valence-electron chi connectivity index (χ2n) is 6.26. The molecule has 2 N–H and O–H groups in total. The van der Waals surface area contributed by atoms with Crippen molar-refractivity contribution in [1.29, 1.82) is 5.26 Å². The summed E-state index contributed by atoms with van der Waals surface area (Å²) in [6.45, 7) is 6.61. The third-order valence-electron chi connectivity index (χ3n) is 3.29. The molecular formula is C17H19ClN4O. The molecule has 1 amide bonds. The standard InChI is InChI=1S/C17H19ClN4O/c1-17(2,3)16(23)21-7-6-20-15-8-11(10-19)13-9-12(18)4-5-14(13)22-15/h4-5,8-9H,6-7H2,1-3H3,(H,20,22)(H,21,23). The highest BCUT2D eigenvalue weighted by Gasteiger charge is 2.20. The molecule has 5 nitrogen and oxygen atoms in total. The molecule has 1 aromatic heterocycles. The van der Waals surface area contributed by atoms with Gasteiger partial charge >= 0.3 is 0 Å². The average Bonchev–Trinajstić information content (AvgIpc) is 2.49. The van der Waals surface area contributed by atoms with Crippen LogP contribution in [0.2, 0.25) is 5.02 Å². The Labute approximate surface area is 140 Å². The lowest BCUT2D eigenvalue weighted by molar-refractivity contribution is -0.128. The maximum atomic E-state index is 11.8. The summed E-state index contributed by atoms with van der Waals surface area (Å²) in [6.07, 6.45) is 0. The molecule has 23 heavy (non-hydrogen) atoms. The maximum absolute atomic E-state index is 11.8. The van der Waals surface area contributed by atoms with Crippen molar-refractivity contribution in [3.63, 3.8) is 0 Å². The van der Waals surface area contributed by atoms with Crippen molar-refractivity contribution >= 4 is 34.2 Å². The van der Waals surface area contributed by atoms with Crippen LogP contribution in [0.3, 0.4) is 0 Å². The van der Waals surface area contributed by atoms with Crippen LogP contribution in [0.4, 0.5) is 5.82 Å². The van der Waals surface area contributed by atoms with Crippen molar-refractivity contribution < 1.29 is 4.79 Å². The summed E-state index contributed by atoms with van der Waals surface area (Å²) in [4.78, 5) is 16.2. The number of carbonyl (C=O) groups excluding carboxylic acids is 1. The highest BCUT2D eigenvalue weighted by Crippen LogP contribution is 2.23. The summed E-state index contributed by atoms with van der Waals surface area (Å²) in [5, 5.41) is 16.6. The molecule has 0 unspecified atom stereocenters. The van der Waals surface area contributed by atoms with E-state index in [0.29, 0.717) is 35.0 Å². The normalized spacial score (nSPS) is 11.1. The Balaban J connectivity index is 2.06. The number of nitriles is 1. The van der Waals surface area contributed by atoms with Gasteiger partial charge in [-0.2, -0.15) is 5.26 Å². The van der Waals surface area contributed by atoms with Crippen molar-refractivity contribution in [3.05, 3.63) is 34.9 Å². The number of hydrogen-bond acceptors (Lipinski definition) is 4. The molecule has 0 spiro atoms. The largest absolute Gasteiger partial charge is 0.368 e. The fourth-order valence-electron chi connectivity index (χ4n) is 2.01. The van der Waals surface area contributed by atoms with Gasteiger partial charge in [-0.05, 0) is 24.3 Å². The molecule has 0 saturated carbocycles. The van der Waals surface area contributed by atoms with Crippen molar-refractivity contribution in [3.8, 4) is 6.07 Å². The maximum Gasteiger partial charge on any atom is 0.225 e. The number of aromatic nitrogens is 1. The van der Waals surface area contributed by atoms with Crippen LogP contribution in [0.15, 0.2) is 24.3 Å². The van der Waals surface area contributed by atoms with Crippen molar-refractivity contribution in [2.75, 3.05) is 18.4 Å². The first-order chi connectivity index (χ1) is 10.8. The lowest BCUT2D eigenvalue weighted by Crippen LogP contribution is -2.37. The smallest absolute Gasteiger partial charge is 0.225 e. The highest BCUT2D eigenvalue weighted by atomic mass is 35.5. The zero-order valence-corrected chi connectivity index (χ0v) is 14.2. The van der Waals surface area contributed by atoms with Gasteiger partial charge < -0.3 is 10.6 Å². The van der Waals surface area contributed by atoms with E-state index in [1.54, 1.807) is 24.3 Å². The Morgan fingerprint density at radius 3 is 2.70 bits per heavy atom. The molecule has 1 heterocycles. The van der Waals surface area contributed by atoms with Crippen LogP contribution in [0.25, 0.3) is 10.9 Å². The Morgan fingerprint density at radius 2 is 2.04 bits per heavy atom. The lowest BCUT2D eigenvalue weighted by Gasteiger charge is -2.17. The van der Waals surface area contributed by atoms with Crippen LogP contribution in [0, 0.1) is 16.7 Å². The zero-order valence-electron chi connectivity index (χ0n) is 13.4. The van der Waals surface area contributed by atoms with E-state index < -0.39 is 5.41 Å². The minimum atomic E-state index is -0.408. The molecule has 6 heteroatoms. The first-order valence-electron chi connectivity index (χ1n) is 7.34. The van der Waals surface area contributed by atoms with Gasteiger partial charge in [0.25, 0.3) is 0 Å². The van der Waals surface area contributed by atoms with E-state index in [0.717, 1.165) is 5.39 Å². The van der Waals surface area contributed by atoms with Crippen LogP contribution >= 0.6 is 11.6 Å². The predicted octanol–water partition coefficient (Wildman–Crippen LogP) is 3.33. The van der Waals surface area contributed by atoms with Gasteiger partial charge in [0, 0.05) is 28.9 Å². The molecule has 0 aliphatic carbocycles. The first-order valence-corrected chi connectivity index (χ1v) is 7.71. The number of nitrogens with zero attached hydrogens (tertiary/aromatic N) is 2. The van der Waals surface area contributed by atoms with Gasteiger partial charge in [0.1, 0.15) is 5.82 Å². The average molecular weight is 331 g/mol. The van der Waals surface area contributed by atoms with Crippen LogP contribution in [0.1, 0.15) is 26.3 Å². The molecule has 0 bridgehead atoms. The minimum absolute atomic E-state index is 0.00173. The summed E-state index contributed by atoms with van der Waals surface area (Å²) in [6, 6.07) is 9.10. The molecule has 0 aliphatic heterocycles. The number of amides is 1. The summed E-state index contributed by atoms with van der Waals surface area (Å²) in [5.74, 6) is 0.597. The van der Waals surface area contributed by atoms with Crippen LogP contribution in [-0.4, -0.2) is 24.0 Å². The van der Waals surface area contributed by atoms with E-state index in [-0.39, 0.29) is 5.91 Å². The molecule has 0 radical (unpaired) electrons. The van der Waals surface area contributed by atoms with Crippen LogP contribution in [-0.2, 0) is 4.79 Å². The third kappa shape index (κ3) is 4.33. The molecular weight excluding hydrogens is 312 g/mol. The van der Waals surface area contributed by atoms with Crippen molar-refractivity contribution in [2.24, 2.45) is 5.41 Å². The number of rotatable bonds is 4. The van der Waals surface area contributed by atoms with Gasteiger partial charge in [0.05, 0.1) is 17.1 Å². The van der Waals surface area contributed by atoms with Gasteiger partial charge in [0.15, 0.2) is 0 Å². The molecule has 2 aromatic rings. The SMILES string of the molecule is CC(C)(C)C(=O)NCCNc1cc(C#N)c2cc(Cl)ccc2n1. The van der Waals surface area contributed by atoms with E-state index in [2.05, 4.69) is 21.7 Å². The van der Waals surface area contributed by atoms with E-state index in [9.17, 15) is 10.1 Å². The van der Waals surface area contributed by atoms with E-state index in [1.807, 2.05) is 20.8 Å². The fraction of sp³-hybridized carbons (Fsp3) is 0.353. The van der Waals surface area contributed by atoms with E-state index >= 15 is 0 Å². The van der Waals surface area contributed by atoms with Gasteiger partial charge in [-0.25, -0.2) is 4.98 Å². The van der Waals surface area contributed by atoms with Gasteiger partial charge in [-0.3, -0.25) is 4.79 Å². The lowest BCUT2D eigenvalue weighted by atomic mass is 9.96. The second-order valence-corrected chi connectivity index (χ2v) is 6.70. The Kier molecular flexibility index (Phi) is 5.07. The van der Waals surface area contributed by atoms with Crippen molar-refractivity contribution in [1.82, 2.24) is 10.3 Å². The highest BCUT2D eigenvalue weighted by molar-refractivity contribution is 6.31. The third-order valence-corrected chi connectivity index (χ3v) is 3.52. The molecule has 2 rings (SSSR count). The Bertz CT molecular complexity index is 774. The molecule has 1 aromatic carbocycles. The minimum Gasteiger partial charge on any atom is -0.368 e. The van der Waals surface area contributed by atoms with E-state index in [1.165, 1.54) is 0 Å². The number of benzene rings is 1.